The number of carbonyl (C=O) groups is 2. The maximum atomic E-state index is 10.7. The van der Waals surface area contributed by atoms with Gasteiger partial charge in [0.1, 0.15) is 6.10 Å². The molecule has 0 amide bonds. The molecule has 6 N–H and O–H groups in total. The molecule has 0 radical (unpaired) electrons. The Morgan fingerprint density at radius 1 is 1.42 bits per heavy atom. The van der Waals surface area contributed by atoms with Gasteiger partial charge >= 0.3 is 5.97 Å². The zero-order valence-corrected chi connectivity index (χ0v) is 6.94. The summed E-state index contributed by atoms with van der Waals surface area (Å²) in [5.74, 6) is -2.78. The highest BCUT2D eigenvalue weighted by Crippen LogP contribution is 2.07. The van der Waals surface area contributed by atoms with Crippen LogP contribution in [-0.2, 0) is 9.59 Å². The van der Waals surface area contributed by atoms with E-state index in [0.29, 0.717) is 0 Å². The molecule has 0 rings (SSSR count). The number of hydrogen-bond acceptors (Lipinski definition) is 5. The van der Waals surface area contributed by atoms with Crippen LogP contribution in [0.25, 0.3) is 0 Å². The highest BCUT2D eigenvalue weighted by atomic mass is 16.4. The van der Waals surface area contributed by atoms with E-state index in [1.54, 1.807) is 0 Å². The van der Waals surface area contributed by atoms with Crippen molar-refractivity contribution in [1.82, 2.24) is 6.15 Å². The van der Waals surface area contributed by atoms with Crippen LogP contribution in [0.2, 0.25) is 0 Å². The molecule has 0 aliphatic carbocycles. The Labute approximate surface area is 69.4 Å². The molecular weight excluding hydrogens is 166 g/mol. The van der Waals surface area contributed by atoms with Crippen molar-refractivity contribution in [2.45, 2.75) is 25.6 Å². The minimum Gasteiger partial charge on any atom is -0.479 e. The van der Waals surface area contributed by atoms with Gasteiger partial charge in [-0.2, -0.15) is 0 Å². The molecule has 0 fully saturated rings. The van der Waals surface area contributed by atoms with Crippen LogP contribution in [0.5, 0.6) is 0 Å². The average molecular weight is 179 g/mol. The second-order valence-corrected chi connectivity index (χ2v) is 2.42. The third kappa shape index (κ3) is 2.57. The molecule has 0 spiro atoms. The lowest BCUT2D eigenvalue weighted by molar-refractivity contribution is -0.166. The summed E-state index contributed by atoms with van der Waals surface area (Å²) in [7, 11) is 0. The van der Waals surface area contributed by atoms with Crippen LogP contribution in [0.3, 0.4) is 0 Å². The van der Waals surface area contributed by atoms with Gasteiger partial charge in [-0.1, -0.05) is 0 Å². The van der Waals surface area contributed by atoms with E-state index in [4.69, 9.17) is 15.3 Å². The molecule has 0 aromatic heterocycles. The summed E-state index contributed by atoms with van der Waals surface area (Å²) in [5, 5.41) is 25.8. The van der Waals surface area contributed by atoms with E-state index in [2.05, 4.69) is 0 Å². The second-order valence-electron chi connectivity index (χ2n) is 2.42. The molecule has 0 saturated carbocycles. The van der Waals surface area contributed by atoms with E-state index >= 15 is 0 Å². The minimum absolute atomic E-state index is 0. The topological polar surface area (TPSA) is 130 Å². The SMILES string of the molecule is CC(O)C(=O)C(C)(O)C(=O)O.N. The third-order valence-electron chi connectivity index (χ3n) is 1.28. The molecule has 12 heavy (non-hydrogen) atoms. The highest BCUT2D eigenvalue weighted by molar-refractivity contribution is 6.07. The molecule has 0 saturated heterocycles. The number of aliphatic hydroxyl groups is 2. The van der Waals surface area contributed by atoms with E-state index in [1.165, 1.54) is 0 Å². The Morgan fingerprint density at radius 3 is 1.83 bits per heavy atom. The summed E-state index contributed by atoms with van der Waals surface area (Å²) in [6, 6.07) is 0. The monoisotopic (exact) mass is 179 g/mol. The number of carboxylic acid groups (broad SMARTS) is 1. The number of aliphatic hydroxyl groups excluding tert-OH is 1. The molecular formula is C6H13NO5. The van der Waals surface area contributed by atoms with E-state index in [9.17, 15) is 9.59 Å². The Morgan fingerprint density at radius 2 is 1.75 bits per heavy atom. The van der Waals surface area contributed by atoms with Crippen LogP contribution >= 0.6 is 0 Å². The minimum atomic E-state index is -2.49. The number of aliphatic carboxylic acids is 1. The predicted molar refractivity (Wildman–Crippen MR) is 40.0 cm³/mol. The number of hydrogen-bond donors (Lipinski definition) is 4. The van der Waals surface area contributed by atoms with Gasteiger partial charge < -0.3 is 21.5 Å². The fourth-order valence-electron chi connectivity index (χ4n) is 0.512. The van der Waals surface area contributed by atoms with Crippen molar-refractivity contribution < 1.29 is 24.9 Å². The van der Waals surface area contributed by atoms with Gasteiger partial charge in [0.25, 0.3) is 0 Å². The molecule has 6 nitrogen and oxygen atoms in total. The Balaban J connectivity index is 0. The summed E-state index contributed by atoms with van der Waals surface area (Å²) in [6.07, 6.45) is -1.47. The van der Waals surface area contributed by atoms with Gasteiger partial charge in [0, 0.05) is 0 Å². The van der Waals surface area contributed by atoms with Crippen molar-refractivity contribution in [2.24, 2.45) is 0 Å². The van der Waals surface area contributed by atoms with Crippen molar-refractivity contribution in [3.63, 3.8) is 0 Å². The van der Waals surface area contributed by atoms with Crippen LogP contribution in [0.4, 0.5) is 0 Å². The second kappa shape index (κ2) is 4.15. The molecule has 0 aromatic carbocycles. The molecule has 0 aromatic rings. The van der Waals surface area contributed by atoms with Gasteiger partial charge in [-0.25, -0.2) is 4.79 Å². The van der Waals surface area contributed by atoms with Gasteiger partial charge in [0.05, 0.1) is 0 Å². The summed E-state index contributed by atoms with van der Waals surface area (Å²) < 4.78 is 0. The van der Waals surface area contributed by atoms with E-state index < -0.39 is 23.5 Å². The lowest BCUT2D eigenvalue weighted by Crippen LogP contribution is -2.48. The lowest BCUT2D eigenvalue weighted by atomic mass is 9.98. The molecule has 2 unspecified atom stereocenters. The zero-order chi connectivity index (χ0) is 9.23. The Bertz CT molecular complexity index is 186. The largest absolute Gasteiger partial charge is 0.479 e. The van der Waals surface area contributed by atoms with Crippen LogP contribution in [0.15, 0.2) is 0 Å². The first kappa shape index (κ1) is 13.6. The van der Waals surface area contributed by atoms with Crippen molar-refractivity contribution in [2.75, 3.05) is 0 Å². The average Bonchev–Trinajstić information content (AvgIpc) is 1.85. The fraction of sp³-hybridized carbons (Fsp3) is 0.667. The van der Waals surface area contributed by atoms with Crippen LogP contribution in [0, 0.1) is 0 Å². The first-order valence-corrected chi connectivity index (χ1v) is 2.98. The Kier molecular flexibility index (Phi) is 4.70. The predicted octanol–water partition coefficient (Wildman–Crippen LogP) is -1.07. The van der Waals surface area contributed by atoms with Crippen molar-refractivity contribution in [3.05, 3.63) is 0 Å². The standard InChI is InChI=1S/C6H10O5.H3N/c1-3(7)4(8)6(2,11)5(9)10;/h3,7,11H,1-2H3,(H,9,10);1H3. The third-order valence-corrected chi connectivity index (χ3v) is 1.28. The lowest BCUT2D eigenvalue weighted by Gasteiger charge is -2.17. The number of Topliss-reactive ketones (excluding diaryl/α,β-unsaturated/α-hetero) is 1. The van der Waals surface area contributed by atoms with Gasteiger partial charge in [0.15, 0.2) is 0 Å². The van der Waals surface area contributed by atoms with Gasteiger partial charge in [-0.15, -0.1) is 0 Å². The van der Waals surface area contributed by atoms with E-state index in [-0.39, 0.29) is 6.15 Å². The van der Waals surface area contributed by atoms with Crippen LogP contribution in [0.1, 0.15) is 13.8 Å². The zero-order valence-electron chi connectivity index (χ0n) is 6.94. The van der Waals surface area contributed by atoms with Crippen molar-refractivity contribution in [1.29, 1.82) is 0 Å². The summed E-state index contributed by atoms with van der Waals surface area (Å²) in [5.41, 5.74) is -2.49. The molecule has 6 heteroatoms. The summed E-state index contributed by atoms with van der Waals surface area (Å²) in [6.45, 7) is 1.92. The van der Waals surface area contributed by atoms with Gasteiger partial charge in [-0.05, 0) is 13.8 Å². The van der Waals surface area contributed by atoms with Crippen molar-refractivity contribution >= 4 is 11.8 Å². The quantitative estimate of drug-likeness (QED) is 0.408. The molecule has 2 atom stereocenters. The number of rotatable bonds is 3. The summed E-state index contributed by atoms with van der Waals surface area (Å²) in [4.78, 5) is 20.9. The molecule has 0 heterocycles. The van der Waals surface area contributed by atoms with E-state index in [1.807, 2.05) is 0 Å². The number of carbonyl (C=O) groups excluding carboxylic acids is 1. The normalized spacial score (nSPS) is 17.0. The Hall–Kier alpha value is -0.980. The molecule has 0 bridgehead atoms. The van der Waals surface area contributed by atoms with Gasteiger partial charge in [0.2, 0.25) is 11.4 Å². The first-order chi connectivity index (χ1) is 4.80. The molecule has 0 aliphatic heterocycles. The van der Waals surface area contributed by atoms with Gasteiger partial charge in [-0.3, -0.25) is 4.79 Å². The number of carboxylic acids is 1. The molecule has 0 aliphatic rings. The maximum Gasteiger partial charge on any atom is 0.343 e. The van der Waals surface area contributed by atoms with Crippen LogP contribution in [-0.4, -0.2) is 38.8 Å². The smallest absolute Gasteiger partial charge is 0.343 e. The molecule has 72 valence electrons. The van der Waals surface area contributed by atoms with E-state index in [0.717, 1.165) is 13.8 Å². The fourth-order valence-corrected chi connectivity index (χ4v) is 0.512. The van der Waals surface area contributed by atoms with Crippen LogP contribution < -0.4 is 6.15 Å². The summed E-state index contributed by atoms with van der Waals surface area (Å²) >= 11 is 0. The highest BCUT2D eigenvalue weighted by Gasteiger charge is 2.40. The van der Waals surface area contributed by atoms with Crippen molar-refractivity contribution in [3.8, 4) is 0 Å². The first-order valence-electron chi connectivity index (χ1n) is 2.98. The maximum absolute atomic E-state index is 10.7. The number of ketones is 1.